The van der Waals surface area contributed by atoms with E-state index in [1.807, 2.05) is 11.8 Å². The van der Waals surface area contributed by atoms with Gasteiger partial charge in [0.15, 0.2) is 0 Å². The van der Waals surface area contributed by atoms with Crippen LogP contribution in [0.3, 0.4) is 0 Å². The maximum atomic E-state index is 11.3. The molecular weight excluding hydrogens is 220 g/mol. The molecule has 3 nitrogen and oxygen atoms in total. The minimum absolute atomic E-state index is 0.158. The predicted molar refractivity (Wildman–Crippen MR) is 69.4 cm³/mol. The first kappa shape index (κ1) is 13.4. The van der Waals surface area contributed by atoms with E-state index in [0.717, 1.165) is 32.5 Å². The Labute approximate surface area is 102 Å². The van der Waals surface area contributed by atoms with Crippen LogP contribution in [0.1, 0.15) is 19.8 Å². The van der Waals surface area contributed by atoms with Gasteiger partial charge in [0, 0.05) is 11.3 Å². The topological polar surface area (TPSA) is 32.3 Å². The number of likely N-dealkylation sites (tertiary alicyclic amines) is 1. The highest BCUT2D eigenvalue weighted by molar-refractivity contribution is 8.00. The Bertz CT molecular complexity index is 298. The van der Waals surface area contributed by atoms with Gasteiger partial charge >= 0.3 is 0 Å². The first-order valence-electron chi connectivity index (χ1n) is 5.56. The minimum atomic E-state index is -0.158. The highest BCUT2D eigenvalue weighted by Crippen LogP contribution is 2.33. The summed E-state index contributed by atoms with van der Waals surface area (Å²) in [5.41, 5.74) is 0. The van der Waals surface area contributed by atoms with Crippen molar-refractivity contribution in [2.75, 3.05) is 32.9 Å². The Hall–Kier alpha value is -0.660. The van der Waals surface area contributed by atoms with Crippen LogP contribution in [0.2, 0.25) is 0 Å². The van der Waals surface area contributed by atoms with E-state index in [9.17, 15) is 4.79 Å². The number of thioether (sulfide) groups is 1. The molecule has 0 atom stereocenters. The Morgan fingerprint density at radius 1 is 1.50 bits per heavy atom. The number of carbonyl (C=O) groups excluding carboxylic acids is 1. The standard InChI is InChI=1S/C12H20N2OS/c1-4-5-11(15)13-10-12(16-3)6-8-14(2)9-7-12/h6-10H2,1-3H3,(H,13,15). The van der Waals surface area contributed by atoms with E-state index in [-0.39, 0.29) is 10.7 Å². The van der Waals surface area contributed by atoms with E-state index < -0.39 is 0 Å². The number of hydrogen-bond acceptors (Lipinski definition) is 3. The van der Waals surface area contributed by atoms with E-state index in [2.05, 4.69) is 35.4 Å². The van der Waals surface area contributed by atoms with Gasteiger partial charge in [0.05, 0.1) is 0 Å². The third-order valence-corrected chi connectivity index (χ3v) is 4.56. The zero-order valence-corrected chi connectivity index (χ0v) is 11.1. The van der Waals surface area contributed by atoms with Crippen LogP contribution >= 0.6 is 11.8 Å². The molecule has 0 unspecified atom stereocenters. The summed E-state index contributed by atoms with van der Waals surface area (Å²) in [6.45, 7) is 4.63. The zero-order valence-electron chi connectivity index (χ0n) is 10.3. The molecule has 4 heteroatoms. The lowest BCUT2D eigenvalue weighted by molar-refractivity contribution is -0.115. The Morgan fingerprint density at radius 3 is 2.62 bits per heavy atom. The number of rotatable bonds is 3. The van der Waals surface area contributed by atoms with Crippen molar-refractivity contribution in [1.82, 2.24) is 10.2 Å². The summed E-state index contributed by atoms with van der Waals surface area (Å²) < 4.78 is 0.206. The largest absolute Gasteiger partial charge is 0.344 e. The van der Waals surface area contributed by atoms with Gasteiger partial charge in [-0.1, -0.05) is 5.92 Å². The summed E-state index contributed by atoms with van der Waals surface area (Å²) in [7, 11) is 2.14. The fraction of sp³-hybridized carbons (Fsp3) is 0.750. The Kier molecular flexibility index (Phi) is 5.17. The molecule has 0 aromatic heterocycles. The van der Waals surface area contributed by atoms with Gasteiger partial charge in [-0.2, -0.15) is 11.8 Å². The van der Waals surface area contributed by atoms with E-state index in [1.54, 1.807) is 6.92 Å². The van der Waals surface area contributed by atoms with Crippen molar-refractivity contribution in [2.45, 2.75) is 24.5 Å². The summed E-state index contributed by atoms with van der Waals surface area (Å²) in [4.78, 5) is 13.6. The number of piperidine rings is 1. The molecule has 0 bridgehead atoms. The van der Waals surface area contributed by atoms with Crippen molar-refractivity contribution in [2.24, 2.45) is 0 Å². The maximum Gasteiger partial charge on any atom is 0.295 e. The molecule has 1 rings (SSSR count). The lowest BCUT2D eigenvalue weighted by atomic mass is 9.96. The summed E-state index contributed by atoms with van der Waals surface area (Å²) >= 11 is 1.87. The monoisotopic (exact) mass is 240 g/mol. The van der Waals surface area contributed by atoms with Gasteiger partial charge in [-0.3, -0.25) is 4.79 Å². The number of carbonyl (C=O) groups is 1. The third-order valence-electron chi connectivity index (χ3n) is 3.14. The van der Waals surface area contributed by atoms with Gasteiger partial charge in [-0.05, 0) is 52.1 Å². The second-order valence-corrected chi connectivity index (χ2v) is 5.52. The van der Waals surface area contributed by atoms with Gasteiger partial charge in [0.1, 0.15) is 0 Å². The molecule has 1 N–H and O–H groups in total. The maximum absolute atomic E-state index is 11.3. The molecule has 90 valence electrons. The summed E-state index contributed by atoms with van der Waals surface area (Å²) in [5.74, 6) is 4.97. The Morgan fingerprint density at radius 2 is 2.12 bits per heavy atom. The highest BCUT2D eigenvalue weighted by atomic mass is 32.2. The van der Waals surface area contributed by atoms with Crippen LogP contribution in [-0.2, 0) is 4.79 Å². The molecule has 1 heterocycles. The van der Waals surface area contributed by atoms with Crippen LogP contribution < -0.4 is 5.32 Å². The zero-order chi connectivity index (χ0) is 12.0. The molecule has 0 aliphatic carbocycles. The van der Waals surface area contributed by atoms with Gasteiger partial charge in [0.25, 0.3) is 5.91 Å². The Balaban J connectivity index is 2.47. The number of nitrogens with zero attached hydrogens (tertiary/aromatic N) is 1. The molecule has 1 fully saturated rings. The van der Waals surface area contributed by atoms with E-state index in [1.165, 1.54) is 0 Å². The van der Waals surface area contributed by atoms with Crippen molar-refractivity contribution in [1.29, 1.82) is 0 Å². The highest BCUT2D eigenvalue weighted by Gasteiger charge is 2.32. The second kappa shape index (κ2) is 6.17. The molecule has 1 aliphatic heterocycles. The molecule has 0 radical (unpaired) electrons. The lowest BCUT2D eigenvalue weighted by Gasteiger charge is -2.39. The molecule has 1 amide bonds. The second-order valence-electron chi connectivity index (χ2n) is 4.25. The van der Waals surface area contributed by atoms with Gasteiger partial charge < -0.3 is 10.2 Å². The van der Waals surface area contributed by atoms with Crippen LogP contribution in [0.4, 0.5) is 0 Å². The van der Waals surface area contributed by atoms with Crippen LogP contribution in [-0.4, -0.2) is 48.5 Å². The lowest BCUT2D eigenvalue weighted by Crippen LogP contribution is -2.47. The van der Waals surface area contributed by atoms with Crippen molar-refractivity contribution >= 4 is 17.7 Å². The molecular formula is C12H20N2OS. The SMILES string of the molecule is CC#CC(=O)NCC1(SC)CCN(C)CC1. The van der Waals surface area contributed by atoms with Crippen LogP contribution in [0.25, 0.3) is 0 Å². The van der Waals surface area contributed by atoms with Crippen molar-refractivity contribution in [3.63, 3.8) is 0 Å². The fourth-order valence-corrected chi connectivity index (χ4v) is 2.69. The molecule has 0 spiro atoms. The van der Waals surface area contributed by atoms with E-state index >= 15 is 0 Å². The van der Waals surface area contributed by atoms with Crippen molar-refractivity contribution < 1.29 is 4.79 Å². The van der Waals surface area contributed by atoms with Crippen LogP contribution in [0, 0.1) is 11.8 Å². The summed E-state index contributed by atoms with van der Waals surface area (Å²) in [5, 5.41) is 2.91. The van der Waals surface area contributed by atoms with E-state index in [0.29, 0.717) is 0 Å². The van der Waals surface area contributed by atoms with Gasteiger partial charge in [-0.25, -0.2) is 0 Å². The molecule has 0 aromatic rings. The van der Waals surface area contributed by atoms with Crippen LogP contribution in [0.5, 0.6) is 0 Å². The summed E-state index contributed by atoms with van der Waals surface area (Å²) in [6.07, 6.45) is 4.39. The smallest absolute Gasteiger partial charge is 0.295 e. The average molecular weight is 240 g/mol. The molecule has 0 saturated carbocycles. The third kappa shape index (κ3) is 3.73. The summed E-state index contributed by atoms with van der Waals surface area (Å²) in [6, 6.07) is 0. The average Bonchev–Trinajstić information content (AvgIpc) is 2.30. The first-order chi connectivity index (χ1) is 7.62. The van der Waals surface area contributed by atoms with Gasteiger partial charge in [0.2, 0.25) is 0 Å². The number of hydrogen-bond donors (Lipinski definition) is 1. The van der Waals surface area contributed by atoms with Gasteiger partial charge in [-0.15, -0.1) is 0 Å². The predicted octanol–water partition coefficient (Wildman–Crippen LogP) is 0.953. The first-order valence-corrected chi connectivity index (χ1v) is 6.79. The van der Waals surface area contributed by atoms with Crippen molar-refractivity contribution in [3.8, 4) is 11.8 Å². The number of amides is 1. The van der Waals surface area contributed by atoms with Crippen molar-refractivity contribution in [3.05, 3.63) is 0 Å². The minimum Gasteiger partial charge on any atom is -0.344 e. The molecule has 1 aliphatic rings. The normalized spacial score (nSPS) is 19.7. The van der Waals surface area contributed by atoms with E-state index in [4.69, 9.17) is 0 Å². The fourth-order valence-electron chi connectivity index (χ4n) is 1.88. The van der Waals surface area contributed by atoms with Crippen LogP contribution in [0.15, 0.2) is 0 Å². The molecule has 0 aromatic carbocycles. The molecule has 1 saturated heterocycles. The quantitative estimate of drug-likeness (QED) is 0.746. The number of nitrogens with one attached hydrogen (secondary N) is 1. The molecule has 16 heavy (non-hydrogen) atoms.